The molecule has 0 fully saturated rings. The summed E-state index contributed by atoms with van der Waals surface area (Å²) < 4.78 is 75.8. The molecule has 0 bridgehead atoms. The number of ether oxygens (including phenoxy) is 2. The van der Waals surface area contributed by atoms with Gasteiger partial charge in [0.2, 0.25) is 0 Å². The van der Waals surface area contributed by atoms with E-state index < -0.39 is 23.3 Å². The molecule has 4 rings (SSSR count). The normalized spacial score (nSPS) is 15.3. The van der Waals surface area contributed by atoms with Gasteiger partial charge in [-0.3, -0.25) is 0 Å². The highest BCUT2D eigenvalue weighted by Crippen LogP contribution is 2.43. The Morgan fingerprint density at radius 3 is 2.62 bits per heavy atom. The number of aryl methyl sites for hydroxylation is 2. The number of nitrogen functional groups attached to an aromatic ring is 1. The number of halogens is 6. The van der Waals surface area contributed by atoms with Gasteiger partial charge in [0, 0.05) is 34.5 Å². The SMILES string of the molecule is COc1cc(CCc2cc3c(c(-c4ccc(C(F)(F)F)c(Cl)c4)n2)OCC3C)cc(/C=N/C(F)F)c1N. The Labute approximate surface area is 215 Å². The molecular formula is C26H23ClF5N3O2. The zero-order valence-corrected chi connectivity index (χ0v) is 20.6. The average molecular weight is 540 g/mol. The van der Waals surface area contributed by atoms with E-state index in [0.717, 1.165) is 23.4 Å². The van der Waals surface area contributed by atoms with Crippen LogP contribution in [0.15, 0.2) is 41.4 Å². The van der Waals surface area contributed by atoms with Crippen molar-refractivity contribution in [1.82, 2.24) is 4.98 Å². The minimum absolute atomic E-state index is 0.0641. The molecular weight excluding hydrogens is 517 g/mol. The first kappa shape index (κ1) is 26.7. The quantitative estimate of drug-likeness (QED) is 0.153. The molecule has 0 amide bonds. The van der Waals surface area contributed by atoms with Crippen LogP contribution in [0.25, 0.3) is 11.3 Å². The summed E-state index contributed by atoms with van der Waals surface area (Å²) in [5.41, 5.74) is 8.72. The van der Waals surface area contributed by atoms with Crippen molar-refractivity contribution in [3.8, 4) is 22.8 Å². The number of pyridine rings is 1. The van der Waals surface area contributed by atoms with Crippen molar-refractivity contribution < 1.29 is 31.4 Å². The van der Waals surface area contributed by atoms with Crippen molar-refractivity contribution in [1.29, 1.82) is 0 Å². The van der Waals surface area contributed by atoms with Gasteiger partial charge in [-0.05, 0) is 48.7 Å². The van der Waals surface area contributed by atoms with Crippen molar-refractivity contribution >= 4 is 23.5 Å². The van der Waals surface area contributed by atoms with E-state index in [1.54, 1.807) is 12.1 Å². The van der Waals surface area contributed by atoms with E-state index in [1.165, 1.54) is 19.2 Å². The zero-order valence-electron chi connectivity index (χ0n) is 19.9. The predicted molar refractivity (Wildman–Crippen MR) is 132 cm³/mol. The number of nitrogens with zero attached hydrogens (tertiary/aromatic N) is 2. The summed E-state index contributed by atoms with van der Waals surface area (Å²) in [6.45, 7) is -0.464. The molecule has 1 atom stereocenters. The minimum atomic E-state index is -4.57. The van der Waals surface area contributed by atoms with Crippen LogP contribution in [0, 0.1) is 0 Å². The fourth-order valence-corrected chi connectivity index (χ4v) is 4.46. The maximum absolute atomic E-state index is 13.2. The average Bonchev–Trinajstić information content (AvgIpc) is 3.21. The van der Waals surface area contributed by atoms with Crippen LogP contribution in [-0.4, -0.2) is 31.5 Å². The summed E-state index contributed by atoms with van der Waals surface area (Å²) in [7, 11) is 1.43. The van der Waals surface area contributed by atoms with Gasteiger partial charge in [0.15, 0.2) is 0 Å². The number of aliphatic imine (C=N–C) groups is 1. The third kappa shape index (κ3) is 5.79. The van der Waals surface area contributed by atoms with Crippen LogP contribution in [0.4, 0.5) is 27.6 Å². The van der Waals surface area contributed by atoms with E-state index in [-0.39, 0.29) is 11.6 Å². The van der Waals surface area contributed by atoms with E-state index in [1.807, 2.05) is 13.0 Å². The molecule has 5 nitrogen and oxygen atoms in total. The molecule has 196 valence electrons. The molecule has 37 heavy (non-hydrogen) atoms. The number of methoxy groups -OCH3 is 1. The van der Waals surface area contributed by atoms with Crippen molar-refractivity contribution in [2.45, 2.75) is 38.4 Å². The molecule has 11 heteroatoms. The van der Waals surface area contributed by atoms with E-state index in [9.17, 15) is 22.0 Å². The first-order chi connectivity index (χ1) is 17.5. The van der Waals surface area contributed by atoms with Crippen LogP contribution in [-0.2, 0) is 19.0 Å². The lowest BCUT2D eigenvalue weighted by Crippen LogP contribution is -2.06. The van der Waals surface area contributed by atoms with Gasteiger partial charge < -0.3 is 15.2 Å². The molecule has 0 radical (unpaired) electrons. The molecule has 0 spiro atoms. The summed E-state index contributed by atoms with van der Waals surface area (Å²) >= 11 is 5.96. The standard InChI is InChI=1S/C26H23ClF5N3O2/c1-13-12-37-24-18(13)10-17(35-23(24)15-4-6-19(20(27)9-15)26(30,31)32)5-3-14-7-16(11-34-25(28)29)22(33)21(8-14)36-2/h4,6-11,13,25H,3,5,12,33H2,1-2H3/b34-11+. The van der Waals surface area contributed by atoms with Crippen molar-refractivity contribution in [2.75, 3.05) is 19.5 Å². The van der Waals surface area contributed by atoms with Crippen molar-refractivity contribution in [2.24, 2.45) is 4.99 Å². The van der Waals surface area contributed by atoms with Crippen molar-refractivity contribution in [3.05, 3.63) is 69.4 Å². The number of rotatable bonds is 7. The Morgan fingerprint density at radius 1 is 1.22 bits per heavy atom. The molecule has 1 aliphatic heterocycles. The highest BCUT2D eigenvalue weighted by atomic mass is 35.5. The monoisotopic (exact) mass is 539 g/mol. The second-order valence-electron chi connectivity index (χ2n) is 8.64. The van der Waals surface area contributed by atoms with Gasteiger partial charge >= 0.3 is 12.7 Å². The number of fused-ring (bicyclic) bond motifs is 1. The molecule has 2 heterocycles. The number of hydrogen-bond donors (Lipinski definition) is 1. The van der Waals surface area contributed by atoms with Crippen molar-refractivity contribution in [3.63, 3.8) is 0 Å². The van der Waals surface area contributed by atoms with Crippen LogP contribution >= 0.6 is 11.6 Å². The summed E-state index contributed by atoms with van der Waals surface area (Å²) in [6.07, 6.45) is -2.66. The lowest BCUT2D eigenvalue weighted by atomic mass is 9.97. The van der Waals surface area contributed by atoms with Gasteiger partial charge in [0.25, 0.3) is 0 Å². The van der Waals surface area contributed by atoms with Crippen LogP contribution < -0.4 is 15.2 Å². The van der Waals surface area contributed by atoms with Crippen LogP contribution in [0.2, 0.25) is 5.02 Å². The molecule has 0 saturated carbocycles. The molecule has 2 aromatic carbocycles. The summed E-state index contributed by atoms with van der Waals surface area (Å²) in [4.78, 5) is 7.80. The Hall–Kier alpha value is -3.40. The van der Waals surface area contributed by atoms with Gasteiger partial charge in [-0.25, -0.2) is 9.98 Å². The fourth-order valence-electron chi connectivity index (χ4n) is 4.18. The van der Waals surface area contributed by atoms with Crippen LogP contribution in [0.3, 0.4) is 0 Å². The molecule has 1 aliphatic rings. The highest BCUT2D eigenvalue weighted by molar-refractivity contribution is 6.31. The van der Waals surface area contributed by atoms with E-state index in [4.69, 9.17) is 31.8 Å². The smallest absolute Gasteiger partial charge is 0.417 e. The first-order valence-corrected chi connectivity index (χ1v) is 11.7. The first-order valence-electron chi connectivity index (χ1n) is 11.3. The molecule has 0 saturated heterocycles. The lowest BCUT2D eigenvalue weighted by Gasteiger charge is -2.14. The van der Waals surface area contributed by atoms with Crippen LogP contribution in [0.5, 0.6) is 11.5 Å². The van der Waals surface area contributed by atoms with Gasteiger partial charge in [0.05, 0.1) is 30.0 Å². The second-order valence-corrected chi connectivity index (χ2v) is 9.05. The predicted octanol–water partition coefficient (Wildman–Crippen LogP) is 6.93. The topological polar surface area (TPSA) is 69.7 Å². The summed E-state index contributed by atoms with van der Waals surface area (Å²) in [5, 5.41) is -0.427. The number of benzene rings is 2. The fraction of sp³-hybridized carbons (Fsp3) is 0.308. The second kappa shape index (κ2) is 10.5. The van der Waals surface area contributed by atoms with E-state index in [2.05, 4.69) is 4.99 Å². The molecule has 2 N–H and O–H groups in total. The number of nitrogens with two attached hydrogens (primary N) is 1. The molecule has 0 aliphatic carbocycles. The molecule has 1 aromatic heterocycles. The summed E-state index contributed by atoms with van der Waals surface area (Å²) in [5.74, 6) is 0.915. The summed E-state index contributed by atoms with van der Waals surface area (Å²) in [6, 6.07) is 8.77. The molecule has 3 aromatic rings. The molecule has 1 unspecified atom stereocenters. The van der Waals surface area contributed by atoms with Crippen LogP contribution in [0.1, 0.15) is 40.8 Å². The third-order valence-corrected chi connectivity index (χ3v) is 6.37. The Kier molecular flexibility index (Phi) is 7.59. The Balaban J connectivity index is 1.68. The minimum Gasteiger partial charge on any atom is -0.495 e. The van der Waals surface area contributed by atoms with Gasteiger partial charge in [-0.1, -0.05) is 24.6 Å². The maximum Gasteiger partial charge on any atom is 0.417 e. The number of alkyl halides is 5. The highest BCUT2D eigenvalue weighted by Gasteiger charge is 2.34. The zero-order chi connectivity index (χ0) is 26.9. The number of hydrogen-bond acceptors (Lipinski definition) is 5. The largest absolute Gasteiger partial charge is 0.495 e. The van der Waals surface area contributed by atoms with Gasteiger partial charge in [-0.2, -0.15) is 22.0 Å². The van der Waals surface area contributed by atoms with Gasteiger partial charge in [0.1, 0.15) is 17.2 Å². The Morgan fingerprint density at radius 2 is 1.97 bits per heavy atom. The lowest BCUT2D eigenvalue weighted by molar-refractivity contribution is -0.137. The Bertz CT molecular complexity index is 1340. The maximum atomic E-state index is 13.2. The van der Waals surface area contributed by atoms with E-state index >= 15 is 0 Å². The third-order valence-electron chi connectivity index (χ3n) is 6.06. The van der Waals surface area contributed by atoms with E-state index in [0.29, 0.717) is 53.5 Å². The number of anilines is 1. The van der Waals surface area contributed by atoms with Gasteiger partial charge in [-0.15, -0.1) is 0 Å². The number of aromatic nitrogens is 1.